The zero-order valence-corrected chi connectivity index (χ0v) is 11.9. The second-order valence-electron chi connectivity index (χ2n) is 5.38. The average Bonchev–Trinajstić information content (AvgIpc) is 2.47. The number of hydrogen-bond donors (Lipinski definition) is 3. The molecular weight excluding hydrogens is 254 g/mol. The Hall–Kier alpha value is -1.14. The summed E-state index contributed by atoms with van der Waals surface area (Å²) in [6.07, 6.45) is 0.315. The maximum atomic E-state index is 10.2. The molecule has 0 bridgehead atoms. The van der Waals surface area contributed by atoms with Gasteiger partial charge in [0.1, 0.15) is 0 Å². The van der Waals surface area contributed by atoms with Gasteiger partial charge in [0.05, 0.1) is 12.7 Å². The highest BCUT2D eigenvalue weighted by atomic mass is 16.3. The van der Waals surface area contributed by atoms with Crippen LogP contribution in [-0.4, -0.2) is 65.9 Å². The maximum Gasteiger partial charge on any atom is 0.0802 e. The Balaban J connectivity index is 1.71. The fourth-order valence-corrected chi connectivity index (χ4v) is 2.57. The molecule has 1 atom stereocenters. The average molecular weight is 279 g/mol. The molecule has 112 valence electrons. The van der Waals surface area contributed by atoms with Gasteiger partial charge in [-0.3, -0.25) is 4.90 Å². The largest absolute Gasteiger partial charge is 0.399 e. The van der Waals surface area contributed by atoms with Gasteiger partial charge < -0.3 is 20.8 Å². The van der Waals surface area contributed by atoms with Crippen molar-refractivity contribution < 1.29 is 10.2 Å². The summed E-state index contributed by atoms with van der Waals surface area (Å²) in [5.74, 6) is 0. The highest BCUT2D eigenvalue weighted by Crippen LogP contribution is 2.18. The zero-order valence-electron chi connectivity index (χ0n) is 11.9. The lowest BCUT2D eigenvalue weighted by molar-refractivity contribution is 0.0924. The van der Waals surface area contributed by atoms with Crippen LogP contribution in [0, 0.1) is 0 Å². The first kappa shape index (κ1) is 15.3. The summed E-state index contributed by atoms with van der Waals surface area (Å²) in [6, 6.07) is 7.43. The summed E-state index contributed by atoms with van der Waals surface area (Å²) in [5.41, 5.74) is 7.29. The predicted molar refractivity (Wildman–Crippen MR) is 80.4 cm³/mol. The van der Waals surface area contributed by atoms with Crippen molar-refractivity contribution in [2.24, 2.45) is 0 Å². The molecule has 0 radical (unpaired) electrons. The van der Waals surface area contributed by atoms with Crippen molar-refractivity contribution in [2.75, 3.05) is 51.6 Å². The molecular formula is C15H25N3O2. The molecule has 0 spiro atoms. The Morgan fingerprint density at radius 3 is 2.10 bits per heavy atom. The van der Waals surface area contributed by atoms with E-state index in [4.69, 9.17) is 10.8 Å². The van der Waals surface area contributed by atoms with E-state index in [2.05, 4.69) is 9.80 Å². The lowest BCUT2D eigenvalue weighted by atomic mass is 10.1. The van der Waals surface area contributed by atoms with E-state index in [0.717, 1.165) is 56.9 Å². The van der Waals surface area contributed by atoms with Gasteiger partial charge in [-0.25, -0.2) is 0 Å². The number of aliphatic hydroxyl groups excluding tert-OH is 2. The van der Waals surface area contributed by atoms with E-state index in [1.165, 1.54) is 0 Å². The summed E-state index contributed by atoms with van der Waals surface area (Å²) in [6.45, 7) is 5.91. The molecule has 1 aliphatic heterocycles. The van der Waals surface area contributed by atoms with E-state index in [0.29, 0.717) is 0 Å². The fraction of sp³-hybridized carbons (Fsp3) is 0.600. The first-order chi connectivity index (χ1) is 9.69. The lowest BCUT2D eigenvalue weighted by Gasteiger charge is -2.34. The van der Waals surface area contributed by atoms with E-state index in [1.807, 2.05) is 24.3 Å². The number of hydrogen-bond acceptors (Lipinski definition) is 5. The minimum Gasteiger partial charge on any atom is -0.399 e. The molecule has 1 aromatic rings. The van der Waals surface area contributed by atoms with Crippen LogP contribution in [-0.2, 0) is 0 Å². The minimum atomic E-state index is -0.425. The van der Waals surface area contributed by atoms with Crippen LogP contribution >= 0.6 is 0 Å². The van der Waals surface area contributed by atoms with Crippen LogP contribution < -0.4 is 5.73 Å². The van der Waals surface area contributed by atoms with Gasteiger partial charge in [0.2, 0.25) is 0 Å². The highest BCUT2D eigenvalue weighted by molar-refractivity contribution is 5.39. The van der Waals surface area contributed by atoms with Crippen molar-refractivity contribution in [1.82, 2.24) is 9.80 Å². The minimum absolute atomic E-state index is 0.232. The molecule has 1 fully saturated rings. The van der Waals surface area contributed by atoms with Gasteiger partial charge in [-0.1, -0.05) is 12.1 Å². The van der Waals surface area contributed by atoms with Crippen LogP contribution in [0.15, 0.2) is 24.3 Å². The van der Waals surface area contributed by atoms with Crippen molar-refractivity contribution >= 4 is 5.69 Å². The Morgan fingerprint density at radius 2 is 1.55 bits per heavy atom. The molecule has 20 heavy (non-hydrogen) atoms. The van der Waals surface area contributed by atoms with Crippen LogP contribution in [0.1, 0.15) is 18.1 Å². The molecule has 4 N–H and O–H groups in total. The molecule has 1 aromatic carbocycles. The third-order valence-electron chi connectivity index (χ3n) is 3.92. The number of benzene rings is 1. The fourth-order valence-electron chi connectivity index (χ4n) is 2.57. The third kappa shape index (κ3) is 4.45. The van der Waals surface area contributed by atoms with Crippen LogP contribution in [0.5, 0.6) is 0 Å². The quantitative estimate of drug-likeness (QED) is 0.653. The molecule has 1 heterocycles. The molecule has 5 heteroatoms. The summed E-state index contributed by atoms with van der Waals surface area (Å²) in [7, 11) is 0. The Kier molecular flexibility index (Phi) is 5.79. The molecule has 0 amide bonds. The van der Waals surface area contributed by atoms with Crippen molar-refractivity contribution in [1.29, 1.82) is 0 Å². The van der Waals surface area contributed by atoms with E-state index < -0.39 is 6.10 Å². The summed E-state index contributed by atoms with van der Waals surface area (Å²) in [5, 5.41) is 19.1. The number of rotatable bonds is 6. The van der Waals surface area contributed by atoms with Crippen LogP contribution in [0.3, 0.4) is 0 Å². The lowest BCUT2D eigenvalue weighted by Crippen LogP contribution is -2.47. The maximum absolute atomic E-state index is 10.2. The number of β-amino-alcohol motifs (C(OH)–C–C–N with tert-alkyl or cyclic N) is 1. The van der Waals surface area contributed by atoms with E-state index in [1.54, 1.807) is 0 Å². The summed E-state index contributed by atoms with van der Waals surface area (Å²) >= 11 is 0. The molecule has 1 saturated heterocycles. The Bertz CT molecular complexity index is 389. The van der Waals surface area contributed by atoms with Gasteiger partial charge in [-0.05, 0) is 24.1 Å². The van der Waals surface area contributed by atoms with Crippen LogP contribution in [0.2, 0.25) is 0 Å². The number of piperazine rings is 1. The molecule has 0 aliphatic carbocycles. The van der Waals surface area contributed by atoms with Gasteiger partial charge in [-0.15, -0.1) is 0 Å². The second kappa shape index (κ2) is 7.59. The SMILES string of the molecule is Nc1ccc(C(O)CCN2CCN(CCO)CC2)cc1. The third-order valence-corrected chi connectivity index (χ3v) is 3.92. The van der Waals surface area contributed by atoms with E-state index in [9.17, 15) is 5.11 Å². The number of aliphatic hydroxyl groups is 2. The van der Waals surface area contributed by atoms with Gasteiger partial charge in [0, 0.05) is 45.0 Å². The van der Waals surface area contributed by atoms with Gasteiger partial charge >= 0.3 is 0 Å². The zero-order chi connectivity index (χ0) is 14.4. The van der Waals surface area contributed by atoms with Crippen LogP contribution in [0.25, 0.3) is 0 Å². The number of anilines is 1. The van der Waals surface area contributed by atoms with Gasteiger partial charge in [-0.2, -0.15) is 0 Å². The summed E-state index contributed by atoms with van der Waals surface area (Å²) < 4.78 is 0. The first-order valence-corrected chi connectivity index (χ1v) is 7.28. The molecule has 2 rings (SSSR count). The van der Waals surface area contributed by atoms with Gasteiger partial charge in [0.25, 0.3) is 0 Å². The van der Waals surface area contributed by atoms with Crippen molar-refractivity contribution in [3.05, 3.63) is 29.8 Å². The number of nitrogen functional groups attached to an aromatic ring is 1. The predicted octanol–water partition coefficient (Wildman–Crippen LogP) is 0.302. The Morgan fingerprint density at radius 1 is 1.00 bits per heavy atom. The standard InChI is InChI=1S/C15H25N3O2/c16-14-3-1-13(2-4-14)15(20)5-6-17-7-9-18(10-8-17)11-12-19/h1-4,15,19-20H,5-12,16H2. The molecule has 1 unspecified atom stereocenters. The number of nitrogens with zero attached hydrogens (tertiary/aromatic N) is 2. The Labute approximate surface area is 120 Å². The molecule has 0 saturated carbocycles. The molecule has 1 aliphatic rings. The van der Waals surface area contributed by atoms with Crippen molar-refractivity contribution in [3.63, 3.8) is 0 Å². The van der Waals surface area contributed by atoms with E-state index in [-0.39, 0.29) is 6.61 Å². The monoisotopic (exact) mass is 279 g/mol. The second-order valence-corrected chi connectivity index (χ2v) is 5.38. The normalized spacial score (nSPS) is 19.1. The first-order valence-electron chi connectivity index (χ1n) is 7.28. The van der Waals surface area contributed by atoms with Crippen LogP contribution in [0.4, 0.5) is 5.69 Å². The number of nitrogens with two attached hydrogens (primary N) is 1. The topological polar surface area (TPSA) is 73.0 Å². The van der Waals surface area contributed by atoms with Crippen molar-refractivity contribution in [3.8, 4) is 0 Å². The highest BCUT2D eigenvalue weighted by Gasteiger charge is 2.17. The molecule has 0 aromatic heterocycles. The van der Waals surface area contributed by atoms with Crippen molar-refractivity contribution in [2.45, 2.75) is 12.5 Å². The summed E-state index contributed by atoms with van der Waals surface area (Å²) in [4.78, 5) is 4.64. The van der Waals surface area contributed by atoms with Gasteiger partial charge in [0.15, 0.2) is 0 Å². The smallest absolute Gasteiger partial charge is 0.0802 e. The molecule has 5 nitrogen and oxygen atoms in total. The van der Waals surface area contributed by atoms with E-state index >= 15 is 0 Å².